The van der Waals surface area contributed by atoms with Gasteiger partial charge in [-0.25, -0.2) is 4.79 Å². The first-order valence-corrected chi connectivity index (χ1v) is 10.2. The Bertz CT molecular complexity index is 677. The first-order chi connectivity index (χ1) is 12.3. The number of anilines is 1. The molecule has 6 heteroatoms. The van der Waals surface area contributed by atoms with Gasteiger partial charge in [0, 0.05) is 17.8 Å². The van der Waals surface area contributed by atoms with Crippen molar-refractivity contribution >= 4 is 34.5 Å². The molecule has 1 aliphatic carbocycles. The van der Waals surface area contributed by atoms with Gasteiger partial charge in [0.15, 0.2) is 0 Å². The summed E-state index contributed by atoms with van der Waals surface area (Å²) in [5.74, 6) is -0.421. The van der Waals surface area contributed by atoms with Crippen LogP contribution in [-0.2, 0) is 4.79 Å². The Morgan fingerprint density at radius 1 is 1.42 bits per heavy atom. The van der Waals surface area contributed by atoms with E-state index in [4.69, 9.17) is 0 Å². The topological polar surface area (TPSA) is 77.8 Å². The monoisotopic (exact) mass is 379 g/mol. The van der Waals surface area contributed by atoms with Crippen LogP contribution in [-0.4, -0.2) is 34.7 Å². The van der Waals surface area contributed by atoms with Crippen LogP contribution in [0.4, 0.5) is 5.69 Å². The number of thiophene rings is 1. The number of hydrogen-bond donors (Lipinski definition) is 2. The van der Waals surface area contributed by atoms with E-state index in [1.807, 2.05) is 6.07 Å². The standard InChI is InChI=1S/C20H29NO4S/c1-4-18(23)21(11-5-6-14(3)22)16-12-17(26-19(16)20(24)25)15-9-7-13(2)8-10-15/h9,12-14,22H,4-8,10-11H2,1-3H3,(H,24,25). The van der Waals surface area contributed by atoms with Gasteiger partial charge in [0.1, 0.15) is 4.88 Å². The van der Waals surface area contributed by atoms with Gasteiger partial charge in [-0.15, -0.1) is 11.3 Å². The van der Waals surface area contributed by atoms with Crippen molar-refractivity contribution in [3.8, 4) is 0 Å². The summed E-state index contributed by atoms with van der Waals surface area (Å²) in [6.45, 7) is 6.14. The normalized spacial score (nSPS) is 18.3. The van der Waals surface area contributed by atoms with Gasteiger partial charge in [-0.2, -0.15) is 0 Å². The summed E-state index contributed by atoms with van der Waals surface area (Å²) in [7, 11) is 0. The van der Waals surface area contributed by atoms with Crippen LogP contribution in [0.15, 0.2) is 12.1 Å². The smallest absolute Gasteiger partial charge is 0.348 e. The van der Waals surface area contributed by atoms with E-state index >= 15 is 0 Å². The molecule has 0 fully saturated rings. The van der Waals surface area contributed by atoms with Crippen molar-refractivity contribution < 1.29 is 19.8 Å². The average molecular weight is 380 g/mol. The number of aromatic carboxylic acids is 1. The molecule has 1 aliphatic rings. The van der Waals surface area contributed by atoms with Gasteiger partial charge in [0.25, 0.3) is 0 Å². The highest BCUT2D eigenvalue weighted by molar-refractivity contribution is 7.15. The van der Waals surface area contributed by atoms with Gasteiger partial charge >= 0.3 is 5.97 Å². The van der Waals surface area contributed by atoms with Gasteiger partial charge < -0.3 is 15.1 Å². The lowest BCUT2D eigenvalue weighted by Crippen LogP contribution is -2.32. The Morgan fingerprint density at radius 2 is 2.15 bits per heavy atom. The fraction of sp³-hybridized carbons (Fsp3) is 0.600. The van der Waals surface area contributed by atoms with E-state index < -0.39 is 12.1 Å². The highest BCUT2D eigenvalue weighted by atomic mass is 32.1. The van der Waals surface area contributed by atoms with E-state index in [1.54, 1.807) is 18.7 Å². The molecule has 2 rings (SSSR count). The van der Waals surface area contributed by atoms with E-state index in [1.165, 1.54) is 16.9 Å². The number of aliphatic hydroxyl groups excluding tert-OH is 1. The zero-order valence-electron chi connectivity index (χ0n) is 15.8. The molecule has 2 N–H and O–H groups in total. The Morgan fingerprint density at radius 3 is 2.69 bits per heavy atom. The van der Waals surface area contributed by atoms with Crippen molar-refractivity contribution in [3.63, 3.8) is 0 Å². The molecule has 0 aromatic carbocycles. The minimum Gasteiger partial charge on any atom is -0.477 e. The molecule has 1 aromatic rings. The van der Waals surface area contributed by atoms with Gasteiger partial charge in [0.05, 0.1) is 11.8 Å². The maximum Gasteiger partial charge on any atom is 0.348 e. The molecule has 0 aliphatic heterocycles. The molecule has 5 nitrogen and oxygen atoms in total. The lowest BCUT2D eigenvalue weighted by Gasteiger charge is -2.22. The molecule has 0 saturated carbocycles. The SMILES string of the molecule is CCC(=O)N(CCCC(C)O)c1cc(C2=CCC(C)CC2)sc1C(=O)O. The predicted octanol–water partition coefficient (Wildman–Crippen LogP) is 4.55. The maximum absolute atomic E-state index is 12.5. The number of amides is 1. The lowest BCUT2D eigenvalue weighted by atomic mass is 9.90. The third-order valence-electron chi connectivity index (χ3n) is 4.79. The maximum atomic E-state index is 12.5. The van der Waals surface area contributed by atoms with Gasteiger partial charge in [-0.05, 0) is 56.6 Å². The van der Waals surface area contributed by atoms with E-state index in [-0.39, 0.29) is 10.8 Å². The van der Waals surface area contributed by atoms with Gasteiger partial charge in [-0.1, -0.05) is 19.9 Å². The van der Waals surface area contributed by atoms with E-state index in [9.17, 15) is 19.8 Å². The van der Waals surface area contributed by atoms with Crippen LogP contribution < -0.4 is 4.90 Å². The number of allylic oxidation sites excluding steroid dienone is 2. The summed E-state index contributed by atoms with van der Waals surface area (Å²) in [4.78, 5) is 27.0. The molecule has 1 amide bonds. The van der Waals surface area contributed by atoms with E-state index in [2.05, 4.69) is 13.0 Å². The Hall–Kier alpha value is -1.66. The van der Waals surface area contributed by atoms with Crippen molar-refractivity contribution in [3.05, 3.63) is 21.9 Å². The van der Waals surface area contributed by atoms with Crippen molar-refractivity contribution in [2.24, 2.45) is 5.92 Å². The molecule has 0 spiro atoms. The lowest BCUT2D eigenvalue weighted by molar-refractivity contribution is -0.118. The number of hydrogen-bond acceptors (Lipinski definition) is 4. The Kier molecular flexibility index (Phi) is 7.41. The summed E-state index contributed by atoms with van der Waals surface area (Å²) in [5.41, 5.74) is 1.68. The fourth-order valence-corrected chi connectivity index (χ4v) is 4.27. The zero-order chi connectivity index (χ0) is 19.3. The molecular weight excluding hydrogens is 350 g/mol. The molecule has 1 heterocycles. The van der Waals surface area contributed by atoms with Crippen molar-refractivity contribution in [2.75, 3.05) is 11.4 Å². The third-order valence-corrected chi connectivity index (χ3v) is 5.98. The number of carboxylic acid groups (broad SMARTS) is 1. The molecule has 144 valence electrons. The first kappa shape index (κ1) is 20.6. The van der Waals surface area contributed by atoms with E-state index in [0.29, 0.717) is 37.4 Å². The van der Waals surface area contributed by atoms with Crippen LogP contribution in [0.25, 0.3) is 5.57 Å². The average Bonchev–Trinajstić information content (AvgIpc) is 3.03. The largest absolute Gasteiger partial charge is 0.477 e. The number of carboxylic acids is 1. The molecular formula is C20H29NO4S. The summed E-state index contributed by atoms with van der Waals surface area (Å²) >= 11 is 1.26. The first-order valence-electron chi connectivity index (χ1n) is 9.38. The van der Waals surface area contributed by atoms with Crippen LogP contribution in [0.2, 0.25) is 0 Å². The van der Waals surface area contributed by atoms with Crippen LogP contribution >= 0.6 is 11.3 Å². The Labute approximate surface area is 159 Å². The quantitative estimate of drug-likeness (QED) is 0.694. The van der Waals surface area contributed by atoms with Crippen LogP contribution in [0.3, 0.4) is 0 Å². The van der Waals surface area contributed by atoms with Crippen LogP contribution in [0.5, 0.6) is 0 Å². The summed E-state index contributed by atoms with van der Waals surface area (Å²) in [6.07, 6.45) is 6.37. The minimum atomic E-state index is -0.995. The summed E-state index contributed by atoms with van der Waals surface area (Å²) in [6, 6.07) is 1.87. The minimum absolute atomic E-state index is 0.0892. The molecule has 0 bridgehead atoms. The second-order valence-electron chi connectivity index (χ2n) is 7.13. The number of aliphatic hydroxyl groups is 1. The van der Waals surface area contributed by atoms with Crippen molar-refractivity contribution in [1.29, 1.82) is 0 Å². The second kappa shape index (κ2) is 9.33. The van der Waals surface area contributed by atoms with Crippen molar-refractivity contribution in [2.45, 2.75) is 65.4 Å². The van der Waals surface area contributed by atoms with Crippen LogP contribution in [0.1, 0.15) is 73.8 Å². The molecule has 2 unspecified atom stereocenters. The third kappa shape index (κ3) is 5.17. The Balaban J connectivity index is 2.33. The molecule has 0 radical (unpaired) electrons. The second-order valence-corrected chi connectivity index (χ2v) is 8.18. The molecule has 2 atom stereocenters. The molecule has 1 aromatic heterocycles. The van der Waals surface area contributed by atoms with Crippen LogP contribution in [0, 0.1) is 5.92 Å². The highest BCUT2D eigenvalue weighted by Gasteiger charge is 2.25. The predicted molar refractivity (Wildman–Crippen MR) is 106 cm³/mol. The summed E-state index contributed by atoms with van der Waals surface area (Å²) in [5, 5.41) is 19.1. The van der Waals surface area contributed by atoms with Crippen molar-refractivity contribution in [1.82, 2.24) is 0 Å². The van der Waals surface area contributed by atoms with Gasteiger partial charge in [0.2, 0.25) is 5.91 Å². The van der Waals surface area contributed by atoms with Gasteiger partial charge in [-0.3, -0.25) is 4.79 Å². The van der Waals surface area contributed by atoms with E-state index in [0.717, 1.165) is 24.1 Å². The zero-order valence-corrected chi connectivity index (χ0v) is 16.6. The fourth-order valence-electron chi connectivity index (χ4n) is 3.20. The number of carbonyl (C=O) groups excluding carboxylic acids is 1. The molecule has 0 saturated heterocycles. The number of rotatable bonds is 8. The number of nitrogens with zero attached hydrogens (tertiary/aromatic N) is 1. The highest BCUT2D eigenvalue weighted by Crippen LogP contribution is 2.39. The number of carbonyl (C=O) groups is 2. The molecule has 26 heavy (non-hydrogen) atoms. The summed E-state index contributed by atoms with van der Waals surface area (Å²) < 4.78 is 0.